The minimum Gasteiger partial charge on any atom is -0.488 e. The number of oxime groups is 1. The van der Waals surface area contributed by atoms with Gasteiger partial charge in [0.15, 0.2) is 0 Å². The smallest absolute Gasteiger partial charge is 0.127 e. The number of ether oxygens (including phenoxy) is 2. The average molecular weight is 417 g/mol. The van der Waals surface area contributed by atoms with Gasteiger partial charge in [-0.05, 0) is 35.2 Å². The van der Waals surface area contributed by atoms with Crippen molar-refractivity contribution in [1.82, 2.24) is 0 Å². The molecule has 1 saturated heterocycles. The Kier molecular flexibility index (Phi) is 7.78. The quantitative estimate of drug-likeness (QED) is 0.370. The summed E-state index contributed by atoms with van der Waals surface area (Å²) in [6.45, 7) is -0.138. The largest absolute Gasteiger partial charge is 0.488 e. The van der Waals surface area contributed by atoms with E-state index in [0.29, 0.717) is 18.6 Å². The number of aliphatic hydroxyl groups is 4. The van der Waals surface area contributed by atoms with Crippen LogP contribution in [0.15, 0.2) is 53.7 Å². The van der Waals surface area contributed by atoms with E-state index in [1.165, 1.54) is 13.3 Å². The number of benzene rings is 2. The second-order valence-corrected chi connectivity index (χ2v) is 7.10. The maximum atomic E-state index is 10.3. The van der Waals surface area contributed by atoms with Gasteiger partial charge in [0.05, 0.1) is 12.8 Å². The predicted molar refractivity (Wildman–Crippen MR) is 109 cm³/mol. The highest BCUT2D eigenvalue weighted by Gasteiger charge is 2.43. The third kappa shape index (κ3) is 5.35. The van der Waals surface area contributed by atoms with Gasteiger partial charge in [0.25, 0.3) is 0 Å². The van der Waals surface area contributed by atoms with E-state index in [9.17, 15) is 20.4 Å². The zero-order valence-corrected chi connectivity index (χ0v) is 16.7. The molecule has 0 aliphatic carbocycles. The Hall–Kier alpha value is -2.49. The maximum Gasteiger partial charge on any atom is 0.127 e. The molecule has 1 aliphatic heterocycles. The summed E-state index contributed by atoms with van der Waals surface area (Å²) in [5.41, 5.74) is 2.73. The molecule has 8 heteroatoms. The highest BCUT2D eigenvalue weighted by atomic mass is 16.6. The molecule has 162 valence electrons. The lowest BCUT2D eigenvalue weighted by atomic mass is 9.90. The summed E-state index contributed by atoms with van der Waals surface area (Å²) in [7, 11) is 1.47. The molecule has 5 atom stereocenters. The van der Waals surface area contributed by atoms with Gasteiger partial charge in [0, 0.05) is 0 Å². The Bertz CT molecular complexity index is 824. The van der Waals surface area contributed by atoms with E-state index >= 15 is 0 Å². The summed E-state index contributed by atoms with van der Waals surface area (Å²) in [5.74, 6) is 0.719. The third-order valence-corrected chi connectivity index (χ3v) is 5.01. The van der Waals surface area contributed by atoms with Crippen LogP contribution in [0.5, 0.6) is 5.75 Å². The Morgan fingerprint density at radius 1 is 1.00 bits per heavy atom. The van der Waals surface area contributed by atoms with Crippen molar-refractivity contribution in [3.63, 3.8) is 0 Å². The van der Waals surface area contributed by atoms with Crippen molar-refractivity contribution in [2.24, 2.45) is 5.16 Å². The zero-order valence-electron chi connectivity index (χ0n) is 16.7. The van der Waals surface area contributed by atoms with Crippen LogP contribution < -0.4 is 4.74 Å². The summed E-state index contributed by atoms with van der Waals surface area (Å²) in [6.07, 6.45) is -3.66. The van der Waals surface area contributed by atoms with Gasteiger partial charge in [0.1, 0.15) is 50.0 Å². The topological polar surface area (TPSA) is 121 Å². The first-order chi connectivity index (χ1) is 14.5. The third-order valence-electron chi connectivity index (χ3n) is 5.01. The lowest BCUT2D eigenvalue weighted by Crippen LogP contribution is -2.55. The van der Waals surface area contributed by atoms with E-state index in [2.05, 4.69) is 9.99 Å². The van der Waals surface area contributed by atoms with Crippen LogP contribution in [0.1, 0.15) is 22.8 Å². The molecule has 1 heterocycles. The molecule has 0 unspecified atom stereocenters. The molecule has 2 aromatic carbocycles. The summed E-state index contributed by atoms with van der Waals surface area (Å²) in [6, 6.07) is 15.1. The van der Waals surface area contributed by atoms with Gasteiger partial charge in [-0.2, -0.15) is 0 Å². The Labute approximate surface area is 174 Å². The average Bonchev–Trinajstić information content (AvgIpc) is 2.77. The van der Waals surface area contributed by atoms with Gasteiger partial charge in [-0.3, -0.25) is 0 Å². The molecule has 0 saturated carbocycles. The molecule has 4 N–H and O–H groups in total. The van der Waals surface area contributed by atoms with E-state index in [1.54, 1.807) is 6.07 Å². The molecule has 1 fully saturated rings. The maximum absolute atomic E-state index is 10.3. The van der Waals surface area contributed by atoms with Gasteiger partial charge >= 0.3 is 0 Å². The first-order valence-corrected chi connectivity index (χ1v) is 9.69. The number of nitrogens with zero attached hydrogens (tertiary/aromatic N) is 1. The van der Waals surface area contributed by atoms with Crippen molar-refractivity contribution >= 4 is 6.21 Å². The Morgan fingerprint density at radius 3 is 2.47 bits per heavy atom. The minimum absolute atomic E-state index is 0.314. The van der Waals surface area contributed by atoms with Gasteiger partial charge in [0.2, 0.25) is 0 Å². The van der Waals surface area contributed by atoms with Crippen LogP contribution in [0.3, 0.4) is 0 Å². The van der Waals surface area contributed by atoms with Gasteiger partial charge in [-0.25, -0.2) is 0 Å². The SMILES string of the molecule is CO/N=C/COc1ccc(Cc2cccc([C@@H]3O[C@H](CO)[C@@H](O)[C@H](O)[C@H]3O)c2)cc1. The molecule has 8 nitrogen and oxygen atoms in total. The van der Waals surface area contributed by atoms with Crippen LogP contribution >= 0.6 is 0 Å². The fourth-order valence-corrected chi connectivity index (χ4v) is 3.43. The number of hydrogen-bond donors (Lipinski definition) is 4. The lowest BCUT2D eigenvalue weighted by Gasteiger charge is -2.40. The van der Waals surface area contributed by atoms with Gasteiger partial charge < -0.3 is 34.7 Å². The Balaban J connectivity index is 1.67. The fraction of sp³-hybridized carbons (Fsp3) is 0.409. The lowest BCUT2D eigenvalue weighted by molar-refractivity contribution is -0.231. The summed E-state index contributed by atoms with van der Waals surface area (Å²) >= 11 is 0. The molecular formula is C22H27NO7. The van der Waals surface area contributed by atoms with Crippen LogP contribution in [0.25, 0.3) is 0 Å². The zero-order chi connectivity index (χ0) is 21.5. The van der Waals surface area contributed by atoms with Crippen LogP contribution in [-0.4, -0.2) is 71.4 Å². The first-order valence-electron chi connectivity index (χ1n) is 9.69. The van der Waals surface area contributed by atoms with Crippen molar-refractivity contribution < 1.29 is 34.7 Å². The molecule has 0 bridgehead atoms. The van der Waals surface area contributed by atoms with Crippen LogP contribution in [0, 0.1) is 0 Å². The Morgan fingerprint density at radius 2 is 1.77 bits per heavy atom. The van der Waals surface area contributed by atoms with Crippen molar-refractivity contribution in [2.45, 2.75) is 36.9 Å². The second kappa shape index (κ2) is 10.5. The summed E-state index contributed by atoms with van der Waals surface area (Å²) in [5, 5.41) is 43.3. The number of aliphatic hydroxyl groups excluding tert-OH is 4. The molecule has 0 radical (unpaired) electrons. The molecule has 1 aliphatic rings. The molecule has 3 rings (SSSR count). The van der Waals surface area contributed by atoms with E-state index in [-0.39, 0.29) is 0 Å². The van der Waals surface area contributed by atoms with Crippen molar-refractivity contribution in [3.05, 3.63) is 65.2 Å². The van der Waals surface area contributed by atoms with Crippen LogP contribution in [0.4, 0.5) is 0 Å². The van der Waals surface area contributed by atoms with Crippen molar-refractivity contribution in [1.29, 1.82) is 0 Å². The van der Waals surface area contributed by atoms with E-state index in [1.807, 2.05) is 42.5 Å². The fourth-order valence-electron chi connectivity index (χ4n) is 3.43. The van der Waals surface area contributed by atoms with E-state index in [0.717, 1.165) is 16.9 Å². The molecule has 0 amide bonds. The normalized spacial score (nSPS) is 26.6. The standard InChI is InChI=1S/C22H27NO7/c1-28-23-9-10-29-17-7-5-14(6-8-17)11-15-3-2-4-16(12-15)22-21(27)20(26)19(25)18(13-24)30-22/h2-9,12,18-22,24-27H,10-11,13H2,1H3/b23-9+/t18-,19-,20+,21-,22+/m1/s1. The highest BCUT2D eigenvalue weighted by Crippen LogP contribution is 2.33. The molecule has 30 heavy (non-hydrogen) atoms. The van der Waals surface area contributed by atoms with E-state index < -0.39 is 37.1 Å². The highest BCUT2D eigenvalue weighted by molar-refractivity contribution is 5.58. The molecular weight excluding hydrogens is 390 g/mol. The van der Waals surface area contributed by atoms with Crippen molar-refractivity contribution in [3.8, 4) is 5.75 Å². The van der Waals surface area contributed by atoms with Crippen LogP contribution in [0.2, 0.25) is 0 Å². The first kappa shape index (κ1) is 22.2. The monoisotopic (exact) mass is 417 g/mol. The number of hydrogen-bond acceptors (Lipinski definition) is 8. The van der Waals surface area contributed by atoms with E-state index in [4.69, 9.17) is 9.47 Å². The second-order valence-electron chi connectivity index (χ2n) is 7.10. The van der Waals surface area contributed by atoms with Crippen LogP contribution in [-0.2, 0) is 16.0 Å². The number of rotatable bonds is 8. The minimum atomic E-state index is -1.40. The van der Waals surface area contributed by atoms with Gasteiger partial charge in [-0.1, -0.05) is 41.6 Å². The van der Waals surface area contributed by atoms with Gasteiger partial charge in [-0.15, -0.1) is 0 Å². The molecule has 0 spiro atoms. The summed E-state index contributed by atoms with van der Waals surface area (Å²) < 4.78 is 11.2. The van der Waals surface area contributed by atoms with Crippen molar-refractivity contribution in [2.75, 3.05) is 20.3 Å². The molecule has 0 aromatic heterocycles. The summed E-state index contributed by atoms with van der Waals surface area (Å²) in [4.78, 5) is 4.57. The molecule has 2 aromatic rings. The predicted octanol–water partition coefficient (Wildman–Crippen LogP) is 0.803.